The molecule has 1 aliphatic carbocycles. The van der Waals surface area contributed by atoms with Crippen LogP contribution in [0, 0.1) is 5.92 Å². The van der Waals surface area contributed by atoms with Gasteiger partial charge in [-0.2, -0.15) is 0 Å². The van der Waals surface area contributed by atoms with E-state index in [9.17, 15) is 0 Å². The molecule has 1 saturated heterocycles. The molecule has 3 heterocycles. The smallest absolute Gasteiger partial charge is 0.239 e. The highest BCUT2D eigenvalue weighted by atomic mass is 32.1. The molecule has 0 amide bonds. The molecule has 3 aromatic rings. The second-order valence-corrected chi connectivity index (χ2v) is 10.1. The maximum absolute atomic E-state index is 5.85. The van der Waals surface area contributed by atoms with Crippen molar-refractivity contribution in [3.05, 3.63) is 28.6 Å². The van der Waals surface area contributed by atoms with Crippen LogP contribution in [0.15, 0.2) is 17.5 Å². The Morgan fingerprint density at radius 1 is 1.09 bits per heavy atom. The van der Waals surface area contributed by atoms with Gasteiger partial charge in [-0.05, 0) is 43.4 Å². The predicted octanol–water partition coefficient (Wildman–Crippen LogP) is 3.82. The normalized spacial score (nSPS) is 18.5. The summed E-state index contributed by atoms with van der Waals surface area (Å²) >= 11 is 1.64. The lowest BCUT2D eigenvalue weighted by Crippen LogP contribution is -2.52. The zero-order valence-corrected chi connectivity index (χ0v) is 21.7. The topological polar surface area (TPSA) is 84.7 Å². The number of ether oxygens (including phenoxy) is 6. The highest BCUT2D eigenvalue weighted by molar-refractivity contribution is 7.16. The van der Waals surface area contributed by atoms with Crippen molar-refractivity contribution in [3.8, 4) is 28.6 Å². The number of hydrogen-bond acceptors (Lipinski definition) is 9. The Bertz CT molecular complexity index is 1160. The average molecular weight is 504 g/mol. The maximum atomic E-state index is 5.85. The summed E-state index contributed by atoms with van der Waals surface area (Å²) in [5.74, 6) is 2.50. The minimum atomic E-state index is -0.333. The van der Waals surface area contributed by atoms with E-state index in [0.717, 1.165) is 40.1 Å². The van der Waals surface area contributed by atoms with Crippen LogP contribution in [0.5, 0.6) is 17.4 Å². The van der Waals surface area contributed by atoms with E-state index in [1.807, 2.05) is 16.6 Å². The Balaban J connectivity index is 1.64. The summed E-state index contributed by atoms with van der Waals surface area (Å²) in [6.07, 6.45) is 2.30. The standard InChI is InChI=1S/C25H33N3O6S/c1-25(16-6-7-16,26-17-11-33-14-34-12-17)22-23(32-5)27-28-18(13-35-24(22)28)21-19(30-3)8-15(10-29-2)9-20(21)31-4/h8-9,13,16-17,26H,6-7,10-12,14H2,1-5H3. The molecule has 1 N–H and O–H groups in total. The summed E-state index contributed by atoms with van der Waals surface area (Å²) in [6, 6.07) is 4.05. The van der Waals surface area contributed by atoms with Gasteiger partial charge in [0.15, 0.2) is 0 Å². The molecule has 0 radical (unpaired) electrons. The molecule has 1 aliphatic heterocycles. The van der Waals surface area contributed by atoms with Crippen LogP contribution in [0.3, 0.4) is 0 Å². The summed E-state index contributed by atoms with van der Waals surface area (Å²) in [5, 5.41) is 10.9. The monoisotopic (exact) mass is 503 g/mol. The second-order valence-electron chi connectivity index (χ2n) is 9.21. The first-order valence-electron chi connectivity index (χ1n) is 11.8. The number of rotatable bonds is 10. The van der Waals surface area contributed by atoms with Crippen molar-refractivity contribution in [2.75, 3.05) is 48.4 Å². The molecule has 9 nitrogen and oxygen atoms in total. The van der Waals surface area contributed by atoms with E-state index >= 15 is 0 Å². The van der Waals surface area contributed by atoms with Gasteiger partial charge in [-0.25, -0.2) is 4.52 Å². The molecule has 2 fully saturated rings. The summed E-state index contributed by atoms with van der Waals surface area (Å²) in [4.78, 5) is 1.03. The van der Waals surface area contributed by atoms with Gasteiger partial charge in [0.05, 0.1) is 69.6 Å². The van der Waals surface area contributed by atoms with E-state index < -0.39 is 0 Å². The van der Waals surface area contributed by atoms with Gasteiger partial charge in [-0.1, -0.05) is 0 Å². The van der Waals surface area contributed by atoms with Gasteiger partial charge in [0.2, 0.25) is 5.88 Å². The number of nitrogens with zero attached hydrogens (tertiary/aromatic N) is 2. The zero-order chi connectivity index (χ0) is 24.6. The fourth-order valence-corrected chi connectivity index (χ4v) is 6.19. The minimum Gasteiger partial charge on any atom is -0.496 e. The highest BCUT2D eigenvalue weighted by Crippen LogP contribution is 2.51. The van der Waals surface area contributed by atoms with Crippen LogP contribution in [0.25, 0.3) is 16.1 Å². The number of methoxy groups -OCH3 is 4. The first-order chi connectivity index (χ1) is 17.0. The van der Waals surface area contributed by atoms with Crippen molar-refractivity contribution >= 4 is 16.2 Å². The lowest BCUT2D eigenvalue weighted by molar-refractivity contribution is -0.117. The van der Waals surface area contributed by atoms with Crippen LogP contribution < -0.4 is 19.5 Å². The second kappa shape index (κ2) is 9.94. The van der Waals surface area contributed by atoms with Crippen LogP contribution in [0.4, 0.5) is 0 Å². The lowest BCUT2D eigenvalue weighted by atomic mass is 9.87. The fourth-order valence-electron chi connectivity index (χ4n) is 5.09. The van der Waals surface area contributed by atoms with Gasteiger partial charge < -0.3 is 28.4 Å². The van der Waals surface area contributed by atoms with Gasteiger partial charge in [0, 0.05) is 12.5 Å². The number of nitrogens with one attached hydrogen (secondary N) is 1. The molecule has 0 spiro atoms. The quantitative estimate of drug-likeness (QED) is 0.447. The third-order valence-corrected chi connectivity index (χ3v) is 7.81. The number of fused-ring (bicyclic) bond motifs is 1. The van der Waals surface area contributed by atoms with Crippen LogP contribution >= 0.6 is 11.3 Å². The van der Waals surface area contributed by atoms with Gasteiger partial charge in [0.1, 0.15) is 23.1 Å². The Morgan fingerprint density at radius 3 is 2.34 bits per heavy atom. The molecule has 2 aromatic heterocycles. The van der Waals surface area contributed by atoms with Crippen molar-refractivity contribution in [1.29, 1.82) is 0 Å². The van der Waals surface area contributed by atoms with E-state index in [2.05, 4.69) is 17.6 Å². The van der Waals surface area contributed by atoms with Crippen molar-refractivity contribution < 1.29 is 28.4 Å². The first kappa shape index (κ1) is 24.3. The molecule has 10 heteroatoms. The highest BCUT2D eigenvalue weighted by Gasteiger charge is 2.48. The lowest BCUT2D eigenvalue weighted by Gasteiger charge is -2.36. The Morgan fingerprint density at radius 2 is 1.77 bits per heavy atom. The van der Waals surface area contributed by atoms with Crippen molar-refractivity contribution in [2.24, 2.45) is 5.92 Å². The van der Waals surface area contributed by atoms with E-state index in [0.29, 0.717) is 49.9 Å². The van der Waals surface area contributed by atoms with Crippen LogP contribution in [0.2, 0.25) is 0 Å². The molecule has 190 valence electrons. The van der Waals surface area contributed by atoms with Gasteiger partial charge in [-0.3, -0.25) is 5.32 Å². The van der Waals surface area contributed by atoms with E-state index in [1.165, 1.54) is 0 Å². The first-order valence-corrected chi connectivity index (χ1v) is 12.6. The average Bonchev–Trinajstić information content (AvgIpc) is 3.57. The van der Waals surface area contributed by atoms with Crippen molar-refractivity contribution in [2.45, 2.75) is 38.0 Å². The summed E-state index contributed by atoms with van der Waals surface area (Å²) in [5.41, 5.74) is 3.43. The van der Waals surface area contributed by atoms with Gasteiger partial charge in [0.25, 0.3) is 0 Å². The van der Waals surface area contributed by atoms with Gasteiger partial charge >= 0.3 is 0 Å². The summed E-state index contributed by atoms with van der Waals surface area (Å²) < 4.78 is 35.8. The van der Waals surface area contributed by atoms with Gasteiger partial charge in [-0.15, -0.1) is 16.4 Å². The SMILES string of the molecule is COCc1cc(OC)c(-c2csc3c(C(C)(NC4COCOC4)C4CC4)c(OC)nn23)c(OC)c1. The molecular weight excluding hydrogens is 470 g/mol. The molecule has 2 aliphatic rings. The Labute approximate surface area is 209 Å². The number of aromatic nitrogens is 2. The Hall–Kier alpha value is -2.37. The molecule has 1 unspecified atom stereocenters. The number of thiazole rings is 1. The van der Waals surface area contributed by atoms with Crippen molar-refractivity contribution in [3.63, 3.8) is 0 Å². The molecule has 1 saturated carbocycles. The zero-order valence-electron chi connectivity index (χ0n) is 20.9. The molecule has 0 bridgehead atoms. The molecular formula is C25H33N3O6S. The van der Waals surface area contributed by atoms with E-state index in [4.69, 9.17) is 33.5 Å². The Kier molecular flexibility index (Phi) is 6.91. The number of benzene rings is 1. The molecule has 1 aromatic carbocycles. The van der Waals surface area contributed by atoms with Crippen LogP contribution in [0.1, 0.15) is 30.9 Å². The third kappa shape index (κ3) is 4.38. The maximum Gasteiger partial charge on any atom is 0.239 e. The van der Waals surface area contributed by atoms with Crippen LogP contribution in [-0.4, -0.2) is 64.1 Å². The van der Waals surface area contributed by atoms with E-state index in [-0.39, 0.29) is 11.6 Å². The molecule has 5 rings (SSSR count). The van der Waals surface area contributed by atoms with E-state index in [1.54, 1.807) is 39.8 Å². The molecule has 35 heavy (non-hydrogen) atoms. The summed E-state index contributed by atoms with van der Waals surface area (Å²) in [6.45, 7) is 4.30. The number of hydrogen-bond donors (Lipinski definition) is 1. The third-order valence-electron chi connectivity index (χ3n) is 6.87. The van der Waals surface area contributed by atoms with Crippen molar-refractivity contribution in [1.82, 2.24) is 14.9 Å². The van der Waals surface area contributed by atoms with Crippen LogP contribution in [-0.2, 0) is 26.4 Å². The predicted molar refractivity (Wildman–Crippen MR) is 133 cm³/mol. The molecule has 1 atom stereocenters. The summed E-state index contributed by atoms with van der Waals surface area (Å²) in [7, 11) is 6.67. The fraction of sp³-hybridized carbons (Fsp3) is 0.560. The minimum absolute atomic E-state index is 0.0990. The largest absolute Gasteiger partial charge is 0.496 e.